The van der Waals surface area contributed by atoms with Gasteiger partial charge in [-0.3, -0.25) is 18.6 Å². The molecule has 8 nitrogen and oxygen atoms in total. The van der Waals surface area contributed by atoms with Crippen LogP contribution in [-0.4, -0.2) is 42.8 Å². The van der Waals surface area contributed by atoms with Crippen molar-refractivity contribution in [3.8, 4) is 0 Å². The third-order valence-corrected chi connectivity index (χ3v) is 9.21. The molecule has 49 heavy (non-hydrogen) atoms. The fourth-order valence-electron chi connectivity index (χ4n) is 5.25. The Labute approximate surface area is 300 Å². The van der Waals surface area contributed by atoms with Crippen LogP contribution in [0.2, 0.25) is 0 Å². The second-order valence-electron chi connectivity index (χ2n) is 12.9. The lowest BCUT2D eigenvalue weighted by atomic mass is 10.1. The number of phosphoric acid groups is 1. The van der Waals surface area contributed by atoms with Crippen LogP contribution >= 0.6 is 7.82 Å². The lowest BCUT2D eigenvalue weighted by molar-refractivity contribution is -0.161. The predicted octanol–water partition coefficient (Wildman–Crippen LogP) is 12.1. The van der Waals surface area contributed by atoms with E-state index in [2.05, 4.69) is 50.3 Å². The molecule has 0 rings (SSSR count). The van der Waals surface area contributed by atoms with Crippen LogP contribution in [0.5, 0.6) is 0 Å². The molecule has 286 valence electrons. The Morgan fingerprint density at radius 1 is 0.551 bits per heavy atom. The molecule has 0 aliphatic heterocycles. The minimum absolute atomic E-state index is 0.00204. The molecule has 2 atom stereocenters. The molecule has 0 aromatic heterocycles. The van der Waals surface area contributed by atoms with Crippen molar-refractivity contribution in [2.24, 2.45) is 0 Å². The molecular formula is C40H73O8P. The highest BCUT2D eigenvalue weighted by Crippen LogP contribution is 2.43. The zero-order valence-electron chi connectivity index (χ0n) is 31.6. The van der Waals surface area contributed by atoms with Crippen molar-refractivity contribution in [2.75, 3.05) is 19.8 Å². The van der Waals surface area contributed by atoms with E-state index < -0.39 is 26.5 Å². The van der Waals surface area contributed by atoms with Crippen LogP contribution in [-0.2, 0) is 32.7 Å². The summed E-state index contributed by atoms with van der Waals surface area (Å²) in [5, 5.41) is 0. The summed E-state index contributed by atoms with van der Waals surface area (Å²) < 4.78 is 32.5. The smallest absolute Gasteiger partial charge is 0.462 e. The monoisotopic (exact) mass is 713 g/mol. The molecule has 0 bridgehead atoms. The highest BCUT2D eigenvalue weighted by molar-refractivity contribution is 7.47. The summed E-state index contributed by atoms with van der Waals surface area (Å²) in [6.45, 7) is 5.36. The first-order valence-corrected chi connectivity index (χ1v) is 21.3. The van der Waals surface area contributed by atoms with E-state index in [1.807, 2.05) is 0 Å². The van der Waals surface area contributed by atoms with E-state index in [1.54, 1.807) is 6.92 Å². The molecule has 2 unspecified atom stereocenters. The van der Waals surface area contributed by atoms with Gasteiger partial charge in [-0.2, -0.15) is 0 Å². The molecule has 0 heterocycles. The van der Waals surface area contributed by atoms with E-state index in [9.17, 15) is 19.0 Å². The van der Waals surface area contributed by atoms with Crippen molar-refractivity contribution in [1.29, 1.82) is 0 Å². The van der Waals surface area contributed by atoms with Crippen LogP contribution in [0.15, 0.2) is 36.5 Å². The largest absolute Gasteiger partial charge is 0.472 e. The average Bonchev–Trinajstić information content (AvgIpc) is 3.07. The normalized spacial score (nSPS) is 13.8. The Balaban J connectivity index is 4.09. The minimum Gasteiger partial charge on any atom is -0.462 e. The van der Waals surface area contributed by atoms with E-state index >= 15 is 0 Å². The van der Waals surface area contributed by atoms with E-state index in [0.717, 1.165) is 70.6 Å². The second kappa shape index (κ2) is 36.1. The summed E-state index contributed by atoms with van der Waals surface area (Å²) in [6.07, 6.45) is 39.1. The Kier molecular flexibility index (Phi) is 34.8. The number of esters is 2. The SMILES string of the molecule is CCC/C=C\CCCCCCCC(=O)OCC(COP(=O)(O)OCC)OC(=O)CCCCCCCCCCC/C=C\C/C=C\CCCCC. The molecule has 0 amide bonds. The van der Waals surface area contributed by atoms with Gasteiger partial charge < -0.3 is 14.4 Å². The number of carbonyl (C=O) groups is 2. The number of allylic oxidation sites excluding steroid dienone is 6. The zero-order valence-corrected chi connectivity index (χ0v) is 32.5. The van der Waals surface area contributed by atoms with Crippen molar-refractivity contribution < 1.29 is 37.6 Å². The summed E-state index contributed by atoms with van der Waals surface area (Å²) >= 11 is 0. The first-order chi connectivity index (χ1) is 23.8. The highest BCUT2D eigenvalue weighted by Gasteiger charge is 2.25. The number of carbonyl (C=O) groups excluding carboxylic acids is 2. The summed E-state index contributed by atoms with van der Waals surface area (Å²) in [4.78, 5) is 34.6. The van der Waals surface area contributed by atoms with Gasteiger partial charge in [-0.05, 0) is 71.1 Å². The van der Waals surface area contributed by atoms with Gasteiger partial charge in [-0.1, -0.05) is 134 Å². The van der Waals surface area contributed by atoms with Crippen LogP contribution < -0.4 is 0 Å². The molecule has 0 spiro atoms. The Morgan fingerprint density at radius 2 is 1.02 bits per heavy atom. The molecule has 0 aromatic rings. The first-order valence-electron chi connectivity index (χ1n) is 19.8. The van der Waals surface area contributed by atoms with Gasteiger partial charge in [0.15, 0.2) is 6.10 Å². The van der Waals surface area contributed by atoms with Gasteiger partial charge in [0.25, 0.3) is 0 Å². The van der Waals surface area contributed by atoms with Crippen molar-refractivity contribution in [2.45, 2.75) is 187 Å². The Hall–Kier alpha value is -1.73. The molecule has 0 aliphatic carbocycles. The van der Waals surface area contributed by atoms with Crippen molar-refractivity contribution >= 4 is 19.8 Å². The van der Waals surface area contributed by atoms with Crippen LogP contribution in [0.1, 0.15) is 181 Å². The van der Waals surface area contributed by atoms with Gasteiger partial charge in [0.05, 0.1) is 13.2 Å². The lowest BCUT2D eigenvalue weighted by Gasteiger charge is -2.19. The number of hydrogen-bond acceptors (Lipinski definition) is 7. The number of phosphoric ester groups is 1. The number of hydrogen-bond donors (Lipinski definition) is 1. The lowest BCUT2D eigenvalue weighted by Crippen LogP contribution is -2.29. The summed E-state index contributed by atoms with van der Waals surface area (Å²) in [5.41, 5.74) is 0. The Morgan fingerprint density at radius 3 is 1.55 bits per heavy atom. The number of ether oxygens (including phenoxy) is 2. The molecule has 9 heteroatoms. The van der Waals surface area contributed by atoms with Crippen LogP contribution in [0.4, 0.5) is 0 Å². The molecule has 0 saturated carbocycles. The van der Waals surface area contributed by atoms with Crippen LogP contribution in [0.3, 0.4) is 0 Å². The second-order valence-corrected chi connectivity index (χ2v) is 14.4. The fraction of sp³-hybridized carbons (Fsp3) is 0.800. The average molecular weight is 713 g/mol. The molecule has 0 fully saturated rings. The van der Waals surface area contributed by atoms with E-state index in [-0.39, 0.29) is 32.0 Å². The molecule has 1 N–H and O–H groups in total. The van der Waals surface area contributed by atoms with Gasteiger partial charge >= 0.3 is 19.8 Å². The third kappa shape index (κ3) is 35.9. The summed E-state index contributed by atoms with van der Waals surface area (Å²) in [5.74, 6) is -0.816. The quantitative estimate of drug-likeness (QED) is 0.0296. The van der Waals surface area contributed by atoms with Crippen molar-refractivity contribution in [1.82, 2.24) is 0 Å². The van der Waals surface area contributed by atoms with Gasteiger partial charge in [-0.25, -0.2) is 4.57 Å². The number of unbranched alkanes of at least 4 members (excludes halogenated alkanes) is 18. The number of rotatable bonds is 36. The maximum absolute atomic E-state index is 12.5. The maximum atomic E-state index is 12.5. The zero-order chi connectivity index (χ0) is 36.1. The van der Waals surface area contributed by atoms with Crippen LogP contribution in [0, 0.1) is 0 Å². The van der Waals surface area contributed by atoms with Gasteiger partial charge in [-0.15, -0.1) is 0 Å². The molecule has 0 aromatic carbocycles. The van der Waals surface area contributed by atoms with Crippen molar-refractivity contribution in [3.05, 3.63) is 36.5 Å². The predicted molar refractivity (Wildman–Crippen MR) is 202 cm³/mol. The molecule has 0 radical (unpaired) electrons. The fourth-order valence-corrected chi connectivity index (χ4v) is 6.00. The minimum atomic E-state index is -4.28. The highest BCUT2D eigenvalue weighted by atomic mass is 31.2. The Bertz CT molecular complexity index is 901. The molecule has 0 aliphatic rings. The van der Waals surface area contributed by atoms with Crippen LogP contribution in [0.25, 0.3) is 0 Å². The van der Waals surface area contributed by atoms with E-state index in [0.29, 0.717) is 6.42 Å². The first kappa shape index (κ1) is 47.3. The van der Waals surface area contributed by atoms with Crippen molar-refractivity contribution in [3.63, 3.8) is 0 Å². The summed E-state index contributed by atoms with van der Waals surface area (Å²) in [7, 11) is -4.28. The van der Waals surface area contributed by atoms with Gasteiger partial charge in [0.2, 0.25) is 0 Å². The summed E-state index contributed by atoms with van der Waals surface area (Å²) in [6, 6.07) is 0. The third-order valence-electron chi connectivity index (χ3n) is 8.15. The topological polar surface area (TPSA) is 108 Å². The van der Waals surface area contributed by atoms with E-state index in [1.165, 1.54) is 70.6 Å². The molecular weight excluding hydrogens is 639 g/mol. The van der Waals surface area contributed by atoms with Gasteiger partial charge in [0, 0.05) is 12.8 Å². The van der Waals surface area contributed by atoms with E-state index in [4.69, 9.17) is 18.5 Å². The molecule has 0 saturated heterocycles. The van der Waals surface area contributed by atoms with Gasteiger partial charge in [0.1, 0.15) is 6.61 Å². The standard InChI is InChI=1S/C40H73O8P/c1-4-7-9-11-13-15-17-18-19-20-21-22-23-24-25-27-29-31-33-35-40(42)48-38(37-47-49(43,44)46-6-3)36-45-39(41)34-32-30-28-26-16-14-12-10-8-5-2/h10,12-13,15,18-19,38H,4-9,11,14,16-17,20-37H2,1-3H3,(H,43,44)/b12-10-,15-13-,19-18-. The maximum Gasteiger partial charge on any atom is 0.472 e.